The molecule has 2 N–H and O–H groups in total. The van der Waals surface area contributed by atoms with Crippen LogP contribution in [0.3, 0.4) is 0 Å². The maximum absolute atomic E-state index is 12.7. The number of hydrazine groups is 1. The second-order valence-corrected chi connectivity index (χ2v) is 12.8. The molecular formula is C29H47N3O2. The summed E-state index contributed by atoms with van der Waals surface area (Å²) >= 11 is 0. The number of likely N-dealkylation sites (N-methyl/N-ethyl adjacent to an activating group) is 1. The van der Waals surface area contributed by atoms with Gasteiger partial charge in [0.05, 0.1) is 6.10 Å². The average molecular weight is 470 g/mol. The van der Waals surface area contributed by atoms with E-state index in [9.17, 15) is 9.90 Å². The van der Waals surface area contributed by atoms with Gasteiger partial charge in [-0.2, -0.15) is 0 Å². The van der Waals surface area contributed by atoms with E-state index < -0.39 is 0 Å². The standard InChI is InChI=1S/C29H47N3O2/c1-20(5-10-27(34)30-32-17-15-31(4)16-18-32)24-8-9-25-23-7-6-21-19-22(33)11-13-28(21,2)26(23)12-14-29(24,25)3/h9,20-22,24,33H,5-8,10-19H2,1-4H3,(H,30,34)/t20-,21+,22+,24-,28+,29-/m1/s1. The van der Waals surface area contributed by atoms with E-state index in [4.69, 9.17) is 0 Å². The summed E-state index contributed by atoms with van der Waals surface area (Å²) < 4.78 is 0. The Morgan fingerprint density at radius 1 is 1.15 bits per heavy atom. The summed E-state index contributed by atoms with van der Waals surface area (Å²) in [6, 6.07) is 0. The van der Waals surface area contributed by atoms with Crippen LogP contribution in [0.5, 0.6) is 0 Å². The Bertz CT molecular complexity index is 857. The van der Waals surface area contributed by atoms with Crippen molar-refractivity contribution < 1.29 is 9.90 Å². The van der Waals surface area contributed by atoms with Gasteiger partial charge in [-0.1, -0.05) is 32.4 Å². The van der Waals surface area contributed by atoms with Crippen molar-refractivity contribution in [3.63, 3.8) is 0 Å². The van der Waals surface area contributed by atoms with Gasteiger partial charge in [0.25, 0.3) is 0 Å². The molecular weight excluding hydrogens is 422 g/mol. The zero-order valence-electron chi connectivity index (χ0n) is 22.0. The van der Waals surface area contributed by atoms with Gasteiger partial charge in [-0.25, -0.2) is 5.01 Å². The third kappa shape index (κ3) is 4.30. The second kappa shape index (κ2) is 9.37. The quantitative estimate of drug-likeness (QED) is 0.614. The van der Waals surface area contributed by atoms with Crippen molar-refractivity contribution in [3.8, 4) is 0 Å². The summed E-state index contributed by atoms with van der Waals surface area (Å²) in [5, 5.41) is 12.4. The highest BCUT2D eigenvalue weighted by Gasteiger charge is 2.52. The molecule has 6 atom stereocenters. The molecule has 5 heteroatoms. The molecule has 4 aliphatic carbocycles. The van der Waals surface area contributed by atoms with Crippen LogP contribution in [-0.4, -0.2) is 60.3 Å². The largest absolute Gasteiger partial charge is 0.393 e. The Labute approximate surface area is 207 Å². The molecule has 0 aromatic rings. The van der Waals surface area contributed by atoms with E-state index in [0.717, 1.165) is 51.9 Å². The predicted octanol–water partition coefficient (Wildman–Crippen LogP) is 4.69. The van der Waals surface area contributed by atoms with E-state index in [-0.39, 0.29) is 17.4 Å². The highest BCUT2D eigenvalue weighted by molar-refractivity contribution is 5.75. The number of carbonyl (C=O) groups is 1. The summed E-state index contributed by atoms with van der Waals surface area (Å²) in [5.74, 6) is 2.05. The van der Waals surface area contributed by atoms with Crippen molar-refractivity contribution in [2.24, 2.45) is 28.6 Å². The van der Waals surface area contributed by atoms with Gasteiger partial charge in [0.1, 0.15) is 0 Å². The van der Waals surface area contributed by atoms with Gasteiger partial charge in [0.15, 0.2) is 0 Å². The van der Waals surface area contributed by atoms with Crippen molar-refractivity contribution in [1.29, 1.82) is 0 Å². The molecule has 1 amide bonds. The van der Waals surface area contributed by atoms with Gasteiger partial charge in [0.2, 0.25) is 5.91 Å². The molecule has 1 heterocycles. The van der Waals surface area contributed by atoms with Crippen LogP contribution in [-0.2, 0) is 4.79 Å². The van der Waals surface area contributed by atoms with E-state index >= 15 is 0 Å². The fourth-order valence-corrected chi connectivity index (χ4v) is 8.44. The van der Waals surface area contributed by atoms with Crippen LogP contribution < -0.4 is 5.43 Å². The first-order valence-electron chi connectivity index (χ1n) is 14.1. The van der Waals surface area contributed by atoms with Crippen molar-refractivity contribution in [3.05, 3.63) is 22.8 Å². The number of nitrogens with zero attached hydrogens (tertiary/aromatic N) is 2. The van der Waals surface area contributed by atoms with E-state index in [0.29, 0.717) is 29.6 Å². The summed E-state index contributed by atoms with van der Waals surface area (Å²) in [7, 11) is 2.14. The lowest BCUT2D eigenvalue weighted by atomic mass is 9.51. The number of fused-ring (bicyclic) bond motifs is 4. The lowest BCUT2D eigenvalue weighted by Gasteiger charge is -2.54. The summed E-state index contributed by atoms with van der Waals surface area (Å²) in [6.07, 6.45) is 13.3. The van der Waals surface area contributed by atoms with Gasteiger partial charge in [-0.15, -0.1) is 0 Å². The van der Waals surface area contributed by atoms with Gasteiger partial charge in [0, 0.05) is 32.6 Å². The molecule has 0 aromatic heterocycles. The maximum Gasteiger partial charge on any atom is 0.234 e. The van der Waals surface area contributed by atoms with Crippen molar-refractivity contribution >= 4 is 5.91 Å². The Morgan fingerprint density at radius 2 is 1.91 bits per heavy atom. The van der Waals surface area contributed by atoms with Crippen LogP contribution in [0.4, 0.5) is 0 Å². The zero-order valence-corrected chi connectivity index (χ0v) is 22.0. The SMILES string of the molecule is C[C@H](CCC(=O)NN1CCN(C)CC1)[C@H]1CC=C2C3=C(CC[C@@]21C)[C@@]1(C)CC[C@H](O)C[C@@H]1CC3. The number of aliphatic hydroxyl groups is 1. The van der Waals surface area contributed by atoms with Crippen molar-refractivity contribution in [1.82, 2.24) is 15.3 Å². The maximum atomic E-state index is 12.7. The zero-order chi connectivity index (χ0) is 24.1. The fraction of sp³-hybridized carbons (Fsp3) is 0.828. The molecule has 2 fully saturated rings. The smallest absolute Gasteiger partial charge is 0.234 e. The number of nitrogens with one attached hydrogen (secondary N) is 1. The van der Waals surface area contributed by atoms with Crippen LogP contribution in [0.15, 0.2) is 22.8 Å². The number of rotatable bonds is 5. The minimum atomic E-state index is -0.0848. The molecule has 190 valence electrons. The van der Waals surface area contributed by atoms with Gasteiger partial charge in [-0.3, -0.25) is 10.2 Å². The number of allylic oxidation sites excluding steroid dienone is 4. The minimum Gasteiger partial charge on any atom is -0.393 e. The van der Waals surface area contributed by atoms with Crippen LogP contribution in [0.25, 0.3) is 0 Å². The molecule has 0 radical (unpaired) electrons. The second-order valence-electron chi connectivity index (χ2n) is 12.8. The molecule has 1 aliphatic heterocycles. The summed E-state index contributed by atoms with van der Waals surface area (Å²) in [6.45, 7) is 11.3. The molecule has 0 bridgehead atoms. The third-order valence-corrected chi connectivity index (χ3v) is 10.8. The van der Waals surface area contributed by atoms with Gasteiger partial charge >= 0.3 is 0 Å². The summed E-state index contributed by atoms with van der Waals surface area (Å²) in [4.78, 5) is 15.0. The van der Waals surface area contributed by atoms with Crippen LogP contribution in [0.1, 0.15) is 85.0 Å². The molecule has 0 spiro atoms. The van der Waals surface area contributed by atoms with E-state index in [1.54, 1.807) is 16.7 Å². The van der Waals surface area contributed by atoms with E-state index in [2.05, 4.69) is 49.2 Å². The molecule has 1 saturated carbocycles. The topological polar surface area (TPSA) is 55.8 Å². The van der Waals surface area contributed by atoms with Crippen LogP contribution >= 0.6 is 0 Å². The third-order valence-electron chi connectivity index (χ3n) is 10.8. The number of hydrogen-bond acceptors (Lipinski definition) is 4. The molecule has 5 nitrogen and oxygen atoms in total. The molecule has 0 aromatic carbocycles. The molecule has 34 heavy (non-hydrogen) atoms. The Morgan fingerprint density at radius 3 is 2.68 bits per heavy atom. The molecule has 1 saturated heterocycles. The highest BCUT2D eigenvalue weighted by Crippen LogP contribution is 2.64. The van der Waals surface area contributed by atoms with Crippen molar-refractivity contribution in [2.45, 2.75) is 91.1 Å². The number of carbonyl (C=O) groups excluding carboxylic acids is 1. The lowest BCUT2D eigenvalue weighted by molar-refractivity contribution is -0.127. The fourth-order valence-electron chi connectivity index (χ4n) is 8.44. The number of hydrogen-bond donors (Lipinski definition) is 2. The summed E-state index contributed by atoms with van der Waals surface area (Å²) in [5.41, 5.74) is 8.84. The van der Waals surface area contributed by atoms with Gasteiger partial charge in [-0.05, 0) is 105 Å². The minimum absolute atomic E-state index is 0.0848. The number of aliphatic hydroxyl groups excluding tert-OH is 1. The first-order chi connectivity index (χ1) is 16.2. The first kappa shape index (κ1) is 24.5. The van der Waals surface area contributed by atoms with E-state index in [1.165, 1.54) is 32.1 Å². The lowest BCUT2D eigenvalue weighted by Crippen LogP contribution is -2.52. The average Bonchev–Trinajstić information content (AvgIpc) is 3.17. The first-order valence-corrected chi connectivity index (χ1v) is 14.1. The van der Waals surface area contributed by atoms with Gasteiger partial charge < -0.3 is 10.0 Å². The van der Waals surface area contributed by atoms with E-state index in [1.807, 2.05) is 0 Å². The van der Waals surface area contributed by atoms with Crippen LogP contribution in [0, 0.1) is 28.6 Å². The number of amides is 1. The normalized spacial score (nSPS) is 39.7. The monoisotopic (exact) mass is 469 g/mol. The highest BCUT2D eigenvalue weighted by atomic mass is 16.3. The molecule has 0 unspecified atom stereocenters. The predicted molar refractivity (Wildman–Crippen MR) is 137 cm³/mol. The Kier molecular flexibility index (Phi) is 6.76. The molecule has 5 aliphatic rings. The Balaban J connectivity index is 1.22. The number of piperazine rings is 1. The molecule has 5 rings (SSSR count). The van der Waals surface area contributed by atoms with Crippen LogP contribution in [0.2, 0.25) is 0 Å². The Hall–Kier alpha value is -1.17. The van der Waals surface area contributed by atoms with Crippen molar-refractivity contribution in [2.75, 3.05) is 33.2 Å².